The largest absolute Gasteiger partial charge is 0.487 e. The zero-order chi connectivity index (χ0) is 17.6. The molecule has 0 aliphatic carbocycles. The van der Waals surface area contributed by atoms with E-state index >= 15 is 0 Å². The highest BCUT2D eigenvalue weighted by molar-refractivity contribution is 9.10. The second-order valence-corrected chi connectivity index (χ2v) is 6.50. The van der Waals surface area contributed by atoms with Crippen molar-refractivity contribution >= 4 is 15.9 Å². The minimum absolute atomic E-state index is 0.209. The van der Waals surface area contributed by atoms with Crippen LogP contribution in [0.1, 0.15) is 22.3 Å². The Bertz CT molecular complexity index is 907. The molecule has 0 aliphatic heterocycles. The summed E-state index contributed by atoms with van der Waals surface area (Å²) < 4.78 is 6.39. The Hall–Kier alpha value is -2.37. The van der Waals surface area contributed by atoms with Crippen LogP contribution in [0.2, 0.25) is 0 Å². The molecule has 128 valence electrons. The lowest BCUT2D eigenvalue weighted by Gasteiger charge is -2.14. The number of nitrogens with one attached hydrogen (secondary N) is 1. The highest BCUT2D eigenvalue weighted by atomic mass is 79.9. The van der Waals surface area contributed by atoms with Crippen LogP contribution in [0.5, 0.6) is 5.75 Å². The van der Waals surface area contributed by atoms with Crippen LogP contribution < -0.4 is 16.0 Å². The van der Waals surface area contributed by atoms with Gasteiger partial charge in [-0.1, -0.05) is 54.6 Å². The number of benzene rings is 2. The summed E-state index contributed by atoms with van der Waals surface area (Å²) in [6.45, 7) is 0.870. The molecule has 5 heteroatoms. The Kier molecular flexibility index (Phi) is 5.68. The molecule has 4 nitrogen and oxygen atoms in total. The standard InChI is InChI=1S/C20H19BrN2O2/c21-18-19(25-13-14-6-2-1-3-7-14)17(12-23-20(18)24)10-15-8-4-5-9-16(15)11-22/h1-9,12H,10-11,13,22H2,(H,23,24). The summed E-state index contributed by atoms with van der Waals surface area (Å²) in [7, 11) is 0. The first kappa shape index (κ1) is 17.5. The molecule has 25 heavy (non-hydrogen) atoms. The van der Waals surface area contributed by atoms with E-state index in [1.165, 1.54) is 0 Å². The van der Waals surface area contributed by atoms with Crippen molar-refractivity contribution in [2.24, 2.45) is 5.73 Å². The molecule has 0 saturated heterocycles. The predicted octanol–water partition coefficient (Wildman–Crippen LogP) is 3.77. The SMILES string of the molecule is NCc1ccccc1Cc1c[nH]c(=O)c(Br)c1OCc1ccccc1. The van der Waals surface area contributed by atoms with E-state index in [-0.39, 0.29) is 5.56 Å². The van der Waals surface area contributed by atoms with Crippen LogP contribution >= 0.6 is 15.9 Å². The van der Waals surface area contributed by atoms with Crippen LogP contribution in [0.15, 0.2) is 70.1 Å². The maximum Gasteiger partial charge on any atom is 0.266 e. The number of hydrogen-bond acceptors (Lipinski definition) is 3. The third-order valence-corrected chi connectivity index (χ3v) is 4.73. The van der Waals surface area contributed by atoms with Crippen LogP contribution in [-0.4, -0.2) is 4.98 Å². The highest BCUT2D eigenvalue weighted by Crippen LogP contribution is 2.29. The third-order valence-electron chi connectivity index (χ3n) is 4.01. The molecule has 3 N–H and O–H groups in total. The topological polar surface area (TPSA) is 68.1 Å². The number of aromatic nitrogens is 1. The number of nitrogens with two attached hydrogens (primary N) is 1. The van der Waals surface area contributed by atoms with Gasteiger partial charge in [-0.05, 0) is 32.6 Å². The molecule has 0 spiro atoms. The Balaban J connectivity index is 1.91. The fourth-order valence-corrected chi connectivity index (χ4v) is 3.16. The van der Waals surface area contributed by atoms with Gasteiger partial charge in [-0.3, -0.25) is 4.79 Å². The van der Waals surface area contributed by atoms with Crippen LogP contribution in [0, 0.1) is 0 Å². The number of rotatable bonds is 6. The van der Waals surface area contributed by atoms with Crippen LogP contribution in [-0.2, 0) is 19.6 Å². The molecule has 0 unspecified atom stereocenters. The Labute approximate surface area is 154 Å². The molecule has 0 radical (unpaired) electrons. The number of halogens is 1. The molecule has 0 amide bonds. The van der Waals surface area contributed by atoms with E-state index in [4.69, 9.17) is 10.5 Å². The van der Waals surface area contributed by atoms with Gasteiger partial charge in [0.15, 0.2) is 0 Å². The molecule has 0 aliphatic rings. The summed E-state index contributed by atoms with van der Waals surface area (Å²) in [4.78, 5) is 14.7. The average molecular weight is 399 g/mol. The number of pyridine rings is 1. The Morgan fingerprint density at radius 3 is 2.36 bits per heavy atom. The molecule has 0 atom stereocenters. The van der Waals surface area contributed by atoms with Gasteiger partial charge >= 0.3 is 0 Å². The smallest absolute Gasteiger partial charge is 0.266 e. The summed E-state index contributed by atoms with van der Waals surface area (Å²) in [5, 5.41) is 0. The van der Waals surface area contributed by atoms with Crippen molar-refractivity contribution in [1.82, 2.24) is 4.98 Å². The van der Waals surface area contributed by atoms with Crippen molar-refractivity contribution in [3.63, 3.8) is 0 Å². The van der Waals surface area contributed by atoms with Gasteiger partial charge < -0.3 is 15.5 Å². The zero-order valence-corrected chi connectivity index (χ0v) is 15.3. The Morgan fingerprint density at radius 2 is 1.64 bits per heavy atom. The van der Waals surface area contributed by atoms with Gasteiger partial charge in [0.1, 0.15) is 16.8 Å². The van der Waals surface area contributed by atoms with Crippen molar-refractivity contribution in [2.45, 2.75) is 19.6 Å². The maximum atomic E-state index is 12.0. The van der Waals surface area contributed by atoms with Gasteiger partial charge in [0.05, 0.1) is 0 Å². The monoisotopic (exact) mass is 398 g/mol. The minimum atomic E-state index is -0.209. The van der Waals surface area contributed by atoms with Crippen molar-refractivity contribution in [2.75, 3.05) is 0 Å². The number of H-pyrrole nitrogens is 1. The molecule has 2 aromatic carbocycles. The van der Waals surface area contributed by atoms with E-state index in [1.54, 1.807) is 6.20 Å². The lowest BCUT2D eigenvalue weighted by Crippen LogP contribution is -2.12. The van der Waals surface area contributed by atoms with Crippen molar-refractivity contribution in [3.8, 4) is 5.75 Å². The number of hydrogen-bond donors (Lipinski definition) is 2. The van der Waals surface area contributed by atoms with Gasteiger partial charge in [-0.25, -0.2) is 0 Å². The van der Waals surface area contributed by atoms with Gasteiger partial charge in [0.25, 0.3) is 5.56 Å². The van der Waals surface area contributed by atoms with Gasteiger partial charge in [-0.15, -0.1) is 0 Å². The van der Waals surface area contributed by atoms with E-state index in [1.807, 2.05) is 54.6 Å². The molecule has 0 saturated carbocycles. The molecule has 3 rings (SSSR count). The first-order chi connectivity index (χ1) is 12.2. The molecule has 0 fully saturated rings. The van der Waals surface area contributed by atoms with Gasteiger partial charge in [0, 0.05) is 24.7 Å². The van der Waals surface area contributed by atoms with Gasteiger partial charge in [-0.2, -0.15) is 0 Å². The normalized spacial score (nSPS) is 10.6. The van der Waals surface area contributed by atoms with E-state index < -0.39 is 0 Å². The number of ether oxygens (including phenoxy) is 1. The van der Waals surface area contributed by atoms with Crippen molar-refractivity contribution in [3.05, 3.63) is 97.9 Å². The van der Waals surface area contributed by atoms with E-state index in [9.17, 15) is 4.79 Å². The first-order valence-electron chi connectivity index (χ1n) is 8.02. The van der Waals surface area contributed by atoms with Crippen LogP contribution in [0.25, 0.3) is 0 Å². The first-order valence-corrected chi connectivity index (χ1v) is 8.82. The Morgan fingerprint density at radius 1 is 0.960 bits per heavy atom. The molecule has 0 bridgehead atoms. The summed E-state index contributed by atoms with van der Waals surface area (Å²) in [6.07, 6.45) is 2.34. The summed E-state index contributed by atoms with van der Waals surface area (Å²) in [5.41, 5.74) is 9.77. The lowest BCUT2D eigenvalue weighted by atomic mass is 10.0. The fourth-order valence-electron chi connectivity index (χ4n) is 2.68. The molecule has 1 aromatic heterocycles. The second-order valence-electron chi connectivity index (χ2n) is 5.71. The van der Waals surface area contributed by atoms with Crippen molar-refractivity contribution in [1.29, 1.82) is 0 Å². The summed E-state index contributed by atoms with van der Waals surface area (Å²) >= 11 is 3.36. The van der Waals surface area contributed by atoms with Crippen LogP contribution in [0.4, 0.5) is 0 Å². The molecule has 3 aromatic rings. The molecular formula is C20H19BrN2O2. The van der Waals surface area contributed by atoms with Crippen molar-refractivity contribution < 1.29 is 4.74 Å². The summed E-state index contributed by atoms with van der Waals surface area (Å²) in [6, 6.07) is 17.9. The maximum absolute atomic E-state index is 12.0. The van der Waals surface area contributed by atoms with Gasteiger partial charge in [0.2, 0.25) is 0 Å². The fraction of sp³-hybridized carbons (Fsp3) is 0.150. The number of aromatic amines is 1. The summed E-state index contributed by atoms with van der Waals surface area (Å²) in [5.74, 6) is 0.569. The second kappa shape index (κ2) is 8.14. The van der Waals surface area contributed by atoms with Crippen LogP contribution in [0.3, 0.4) is 0 Å². The molecular weight excluding hydrogens is 380 g/mol. The quantitative estimate of drug-likeness (QED) is 0.663. The highest BCUT2D eigenvalue weighted by Gasteiger charge is 2.14. The van der Waals surface area contributed by atoms with E-state index in [0.717, 1.165) is 22.3 Å². The lowest BCUT2D eigenvalue weighted by molar-refractivity contribution is 0.300. The molecule has 1 heterocycles. The van der Waals surface area contributed by atoms with E-state index in [0.29, 0.717) is 29.8 Å². The third kappa shape index (κ3) is 4.18. The van der Waals surface area contributed by atoms with E-state index in [2.05, 4.69) is 20.9 Å². The average Bonchev–Trinajstić information content (AvgIpc) is 2.65. The zero-order valence-electron chi connectivity index (χ0n) is 13.7. The minimum Gasteiger partial charge on any atom is -0.487 e. The predicted molar refractivity (Wildman–Crippen MR) is 103 cm³/mol.